The third-order valence-corrected chi connectivity index (χ3v) is 7.51. The van der Waals surface area contributed by atoms with E-state index in [4.69, 9.17) is 20.2 Å². The molecular weight excluding hydrogens is 504 g/mol. The first-order chi connectivity index (χ1) is 18.7. The monoisotopic (exact) mass is 531 g/mol. The van der Waals surface area contributed by atoms with Gasteiger partial charge in [0, 0.05) is 51.1 Å². The van der Waals surface area contributed by atoms with Crippen molar-refractivity contribution in [3.63, 3.8) is 0 Å². The summed E-state index contributed by atoms with van der Waals surface area (Å²) in [5.74, 6) is -0.990. The molecule has 0 bridgehead atoms. The van der Waals surface area contributed by atoms with Crippen molar-refractivity contribution in [1.29, 1.82) is 0 Å². The quantitative estimate of drug-likeness (QED) is 0.261. The second kappa shape index (κ2) is 9.09. The molecule has 5 aromatic rings. The molecule has 10 heteroatoms. The number of imidazole rings is 1. The number of methoxy groups -OCH3 is 2. The average molecular weight is 532 g/mol. The first-order valence-corrected chi connectivity index (χ1v) is 12.4. The second-order valence-electron chi connectivity index (χ2n) is 9.74. The van der Waals surface area contributed by atoms with Crippen molar-refractivity contribution in [3.05, 3.63) is 76.9 Å². The molecule has 4 heterocycles. The number of carbonyl (C=O) groups excluding carboxylic acids is 1. The number of ether oxygens (including phenoxy) is 2. The Hall–Kier alpha value is -4.44. The van der Waals surface area contributed by atoms with Crippen LogP contribution in [-0.2, 0) is 24.8 Å². The highest BCUT2D eigenvalue weighted by molar-refractivity contribution is 6.11. The lowest BCUT2D eigenvalue weighted by molar-refractivity contribution is 0.103. The summed E-state index contributed by atoms with van der Waals surface area (Å²) in [5.41, 5.74) is 11.1. The molecular formula is C29H27F2N5O3. The third kappa shape index (κ3) is 3.66. The predicted octanol–water partition coefficient (Wildman–Crippen LogP) is 4.73. The Labute approximate surface area is 223 Å². The summed E-state index contributed by atoms with van der Waals surface area (Å²) in [5, 5.41) is 0. The van der Waals surface area contributed by atoms with Gasteiger partial charge in [0.25, 0.3) is 0 Å². The topological polar surface area (TPSA) is 87.0 Å². The number of halogens is 2. The van der Waals surface area contributed by atoms with Crippen LogP contribution in [0.3, 0.4) is 0 Å². The van der Waals surface area contributed by atoms with Crippen molar-refractivity contribution in [2.75, 3.05) is 38.4 Å². The fourth-order valence-corrected chi connectivity index (χ4v) is 5.55. The molecule has 0 saturated carbocycles. The Morgan fingerprint density at radius 2 is 1.87 bits per heavy atom. The highest BCUT2D eigenvalue weighted by Gasteiger charge is 2.29. The second-order valence-corrected chi connectivity index (χ2v) is 9.74. The minimum Gasteiger partial charge on any atom is -0.496 e. The smallest absolute Gasteiger partial charge is 0.209 e. The molecule has 8 nitrogen and oxygen atoms in total. The van der Waals surface area contributed by atoms with Crippen LogP contribution in [0.4, 0.5) is 20.2 Å². The van der Waals surface area contributed by atoms with Gasteiger partial charge in [0.2, 0.25) is 5.78 Å². The molecule has 3 aromatic heterocycles. The number of rotatable bonds is 5. The van der Waals surface area contributed by atoms with E-state index in [1.54, 1.807) is 30.9 Å². The predicted molar refractivity (Wildman–Crippen MR) is 146 cm³/mol. The van der Waals surface area contributed by atoms with E-state index in [0.717, 1.165) is 56.9 Å². The number of nitrogens with two attached hydrogens (primary N) is 1. The molecule has 1 aliphatic heterocycles. The van der Waals surface area contributed by atoms with Gasteiger partial charge >= 0.3 is 0 Å². The van der Waals surface area contributed by atoms with Crippen molar-refractivity contribution in [3.8, 4) is 16.9 Å². The molecule has 0 unspecified atom stereocenters. The molecule has 0 atom stereocenters. The third-order valence-electron chi connectivity index (χ3n) is 7.51. The number of likely N-dealkylation sites (N-methyl/N-ethyl adjacent to an activating group) is 1. The van der Waals surface area contributed by atoms with E-state index in [1.165, 1.54) is 0 Å². The molecule has 2 N–H and O–H groups in total. The lowest BCUT2D eigenvalue weighted by Crippen LogP contribution is -2.23. The van der Waals surface area contributed by atoms with Gasteiger partial charge in [-0.15, -0.1) is 0 Å². The Morgan fingerprint density at radius 3 is 2.56 bits per heavy atom. The highest BCUT2D eigenvalue weighted by Crippen LogP contribution is 2.47. The number of hydrogen-bond donors (Lipinski definition) is 1. The minimum absolute atomic E-state index is 0.110. The van der Waals surface area contributed by atoms with Crippen molar-refractivity contribution in [2.45, 2.75) is 13.0 Å². The number of fused-ring (bicyclic) bond motifs is 4. The van der Waals surface area contributed by atoms with E-state index in [2.05, 4.69) is 4.90 Å². The number of aromatic nitrogens is 3. The largest absolute Gasteiger partial charge is 0.496 e. The zero-order valence-electron chi connectivity index (χ0n) is 22.0. The zero-order valence-corrected chi connectivity index (χ0v) is 22.0. The maximum absolute atomic E-state index is 14.2. The molecule has 0 aliphatic carbocycles. The maximum atomic E-state index is 14.2. The van der Waals surface area contributed by atoms with Gasteiger partial charge in [-0.1, -0.05) is 6.07 Å². The van der Waals surface area contributed by atoms with E-state index in [-0.39, 0.29) is 5.56 Å². The van der Waals surface area contributed by atoms with Crippen LogP contribution in [0.1, 0.15) is 27.4 Å². The molecule has 39 heavy (non-hydrogen) atoms. The molecule has 6 rings (SSSR count). The molecule has 0 spiro atoms. The molecule has 0 amide bonds. The van der Waals surface area contributed by atoms with Crippen LogP contribution in [0.2, 0.25) is 0 Å². The number of aryl methyl sites for hydroxylation is 1. The Bertz CT molecular complexity index is 1780. The van der Waals surface area contributed by atoms with Crippen LogP contribution >= 0.6 is 0 Å². The van der Waals surface area contributed by atoms with Crippen LogP contribution in [0.25, 0.3) is 27.7 Å². The van der Waals surface area contributed by atoms with Crippen LogP contribution in [0, 0.1) is 11.6 Å². The fourth-order valence-electron chi connectivity index (χ4n) is 5.55. The number of benzene rings is 2. The van der Waals surface area contributed by atoms with Crippen LogP contribution < -0.4 is 15.4 Å². The SMILES string of the molecule is COCc1nc2c3c(c(OC)cc2n1C)-c1cccn2c(C(=O)c4cc(F)c(N)c(F)c4)cc(c12)CCN3C. The van der Waals surface area contributed by atoms with Crippen LogP contribution in [0.15, 0.2) is 42.6 Å². The van der Waals surface area contributed by atoms with Gasteiger partial charge in [-0.05, 0) is 36.2 Å². The highest BCUT2D eigenvalue weighted by atomic mass is 19.1. The van der Waals surface area contributed by atoms with Crippen molar-refractivity contribution < 1.29 is 23.0 Å². The molecule has 0 fully saturated rings. The first-order valence-electron chi connectivity index (χ1n) is 12.4. The van der Waals surface area contributed by atoms with Gasteiger partial charge in [-0.25, -0.2) is 13.8 Å². The van der Waals surface area contributed by atoms with Gasteiger partial charge in [-0.3, -0.25) is 4.79 Å². The number of carbonyl (C=O) groups is 1. The fraction of sp³-hybridized carbons (Fsp3) is 0.241. The van der Waals surface area contributed by atoms with Gasteiger partial charge in [0.1, 0.15) is 41.0 Å². The standard InChI is InChI=1S/C29H27F2N5O3/c1-34-9-7-15-12-21(29(37)16-10-18(30)25(32)19(31)11-16)36-8-5-6-17(27(15)36)24-22(39-4)13-20-26(28(24)34)33-23(14-38-3)35(20)2/h5-6,8,10-13H,7,9,14,32H2,1-4H3. The lowest BCUT2D eigenvalue weighted by Gasteiger charge is -2.27. The number of pyridine rings is 1. The van der Waals surface area contributed by atoms with Gasteiger partial charge in [0.15, 0.2) is 0 Å². The van der Waals surface area contributed by atoms with Crippen molar-refractivity contribution in [1.82, 2.24) is 14.0 Å². The van der Waals surface area contributed by atoms with E-state index in [9.17, 15) is 13.6 Å². The van der Waals surface area contributed by atoms with E-state index in [0.29, 0.717) is 31.0 Å². The molecule has 0 saturated heterocycles. The summed E-state index contributed by atoms with van der Waals surface area (Å²) < 4.78 is 43.5. The van der Waals surface area contributed by atoms with Gasteiger partial charge in [0.05, 0.1) is 35.1 Å². The van der Waals surface area contributed by atoms with Crippen molar-refractivity contribution >= 4 is 33.7 Å². The summed E-state index contributed by atoms with van der Waals surface area (Å²) in [4.78, 5) is 20.6. The number of ketones is 1. The normalized spacial score (nSPS) is 13.0. The number of hydrogen-bond acceptors (Lipinski definition) is 6. The maximum Gasteiger partial charge on any atom is 0.209 e. The molecule has 200 valence electrons. The summed E-state index contributed by atoms with van der Waals surface area (Å²) in [7, 11) is 7.23. The Balaban J connectivity index is 1.64. The number of nitrogens with zero attached hydrogens (tertiary/aromatic N) is 4. The van der Waals surface area contributed by atoms with Crippen LogP contribution in [-0.4, -0.2) is 47.5 Å². The summed E-state index contributed by atoms with van der Waals surface area (Å²) in [6, 6.07) is 9.55. The Kier molecular flexibility index (Phi) is 5.80. The van der Waals surface area contributed by atoms with Crippen LogP contribution in [0.5, 0.6) is 5.75 Å². The molecule has 1 aliphatic rings. The van der Waals surface area contributed by atoms with E-state index in [1.807, 2.05) is 36.9 Å². The van der Waals surface area contributed by atoms with Gasteiger partial charge in [-0.2, -0.15) is 0 Å². The minimum atomic E-state index is -0.967. The summed E-state index contributed by atoms with van der Waals surface area (Å²) in [6.07, 6.45) is 2.41. The van der Waals surface area contributed by atoms with E-state index >= 15 is 0 Å². The Morgan fingerprint density at radius 1 is 1.13 bits per heavy atom. The molecule has 0 radical (unpaired) electrons. The summed E-state index contributed by atoms with van der Waals surface area (Å²) >= 11 is 0. The number of anilines is 2. The lowest BCUT2D eigenvalue weighted by atomic mass is 9.96. The summed E-state index contributed by atoms with van der Waals surface area (Å²) in [6.45, 7) is 1.00. The first kappa shape index (κ1) is 24.9. The van der Waals surface area contributed by atoms with Gasteiger partial charge < -0.3 is 29.1 Å². The van der Waals surface area contributed by atoms with Crippen molar-refractivity contribution in [2.24, 2.45) is 7.05 Å². The average Bonchev–Trinajstić information content (AvgIpc) is 3.45. The zero-order chi connectivity index (χ0) is 27.6. The number of nitrogen functional groups attached to an aromatic ring is 1. The van der Waals surface area contributed by atoms with E-state index < -0.39 is 23.1 Å². The molecule has 2 aromatic carbocycles.